The molecule has 0 amide bonds. The molecule has 696 valence electrons. The van der Waals surface area contributed by atoms with Crippen LogP contribution in [-0.2, 0) is 118 Å². The summed E-state index contributed by atoms with van der Waals surface area (Å²) in [7, 11) is 13.6. The van der Waals surface area contributed by atoms with Gasteiger partial charge < -0.3 is 90.6 Å². The highest BCUT2D eigenvalue weighted by atomic mass is 79.9. The van der Waals surface area contributed by atoms with Gasteiger partial charge in [-0.2, -0.15) is 19.9 Å². The lowest BCUT2D eigenvalue weighted by molar-refractivity contribution is -0.144. The number of alkyl halides is 1. The van der Waals surface area contributed by atoms with E-state index in [4.69, 9.17) is 80.0 Å². The maximum Gasteiger partial charge on any atom is 0.348 e. The smallest absolute Gasteiger partial charge is 0.348 e. The van der Waals surface area contributed by atoms with Crippen LogP contribution in [0.5, 0.6) is 35.0 Å². The van der Waals surface area contributed by atoms with Gasteiger partial charge in [-0.3, -0.25) is 4.79 Å². The van der Waals surface area contributed by atoms with E-state index in [0.29, 0.717) is 128 Å². The number of carbonyl (C=O) groups is 5. The minimum absolute atomic E-state index is 0.0722. The van der Waals surface area contributed by atoms with Crippen LogP contribution in [0.1, 0.15) is 243 Å². The number of allylic oxidation sites excluding steroid dienone is 1. The first-order valence-corrected chi connectivity index (χ1v) is 40.6. The van der Waals surface area contributed by atoms with Crippen LogP contribution in [-0.4, -0.2) is 199 Å². The Labute approximate surface area is 751 Å². The van der Waals surface area contributed by atoms with Gasteiger partial charge in [0.15, 0.2) is 34.7 Å². The highest BCUT2D eigenvalue weighted by Gasteiger charge is 2.27. The molecule has 0 radical (unpaired) electrons. The standard InChI is InChI=1S/C17H21ClN2O3.C13H20N2O4.C12H19BrN2O2.C12H17ClN2O3.C12H18N2O4.C12H20N2O3.C8H12O5/c1-11-15(23-13-9-7-6-8-12(13)18)16(21-5)20-14(19-11)10-22-17(2,3)4;1-8-10(12(16)18-6)11(17-5)15-9(14-8)7-19-13(2,3)4;1-8-9(6-13)11(16-5)15-10(14-8)7-17-12(2,3)4;1-7-9(11(16)17-5)10(13)15-8(14-7)6-18-12(2,3)4;1-7-9(11(16)17-5)10(15)14-8(13-7)6-18-12(2,3)4;1-8-9(6-15)11(16-5)14-10(13-8)7-17-12(2,3)4;1-5(11-2)6(7(9)12-3)8(10)13-4/h6-9H,10H2,1-5H3;7H2,1-6H3;6-7H2,1-5H3;6H2,1-5H3;6H2,1-5H3,(H,13,14,15);15H,6-7H2,1-5H3;1-4H3. The van der Waals surface area contributed by atoms with Crippen molar-refractivity contribution in [3.63, 3.8) is 0 Å². The maximum absolute atomic E-state index is 11.7. The number of H-pyrrole nitrogens is 1. The van der Waals surface area contributed by atoms with Gasteiger partial charge in [0.05, 0.1) is 150 Å². The van der Waals surface area contributed by atoms with E-state index >= 15 is 0 Å². The van der Waals surface area contributed by atoms with Gasteiger partial charge in [0.25, 0.3) is 11.4 Å². The van der Waals surface area contributed by atoms with Crippen molar-refractivity contribution in [3.05, 3.63) is 153 Å². The number of halogens is 3. The van der Waals surface area contributed by atoms with E-state index in [9.17, 15) is 33.9 Å². The van der Waals surface area contributed by atoms with Crippen LogP contribution in [0.25, 0.3) is 0 Å². The Bertz CT molecular complexity index is 4650. The maximum atomic E-state index is 11.7. The number of nitrogens with one attached hydrogen (secondary N) is 1. The van der Waals surface area contributed by atoms with Crippen LogP contribution >= 0.6 is 39.1 Å². The molecule has 6 heterocycles. The van der Waals surface area contributed by atoms with Crippen molar-refractivity contribution >= 4 is 69.0 Å². The van der Waals surface area contributed by atoms with E-state index in [1.807, 2.05) is 158 Å². The average molecular weight is 1860 g/mol. The number of hydrogen-bond acceptors (Lipinski definition) is 35. The molecule has 0 spiro atoms. The highest BCUT2D eigenvalue weighted by molar-refractivity contribution is 9.08. The van der Waals surface area contributed by atoms with Gasteiger partial charge >= 0.3 is 29.8 Å². The Hall–Kier alpha value is -9.83. The fourth-order valence-electron chi connectivity index (χ4n) is 9.17. The second-order valence-electron chi connectivity index (χ2n) is 32.3. The Morgan fingerprint density at radius 1 is 0.392 bits per heavy atom. The summed E-state index contributed by atoms with van der Waals surface area (Å²) in [6.07, 6.45) is 0. The lowest BCUT2D eigenvalue weighted by Gasteiger charge is -2.19. The molecule has 39 heteroatoms. The van der Waals surface area contributed by atoms with Crippen LogP contribution in [0.4, 0.5) is 0 Å². The third kappa shape index (κ3) is 41.9. The molecule has 0 atom stereocenters. The van der Waals surface area contributed by atoms with E-state index in [1.165, 1.54) is 70.9 Å². The van der Waals surface area contributed by atoms with Crippen LogP contribution in [0.15, 0.2) is 40.4 Å². The fraction of sp³-hybridized carbons (Fsp3) is 0.570. The average Bonchev–Trinajstić information content (AvgIpc) is 0.801. The Kier molecular flexibility index (Phi) is 47.9. The summed E-state index contributed by atoms with van der Waals surface area (Å²) >= 11 is 15.5. The lowest BCUT2D eigenvalue weighted by Crippen LogP contribution is -2.26. The molecule has 0 aliphatic heterocycles. The van der Waals surface area contributed by atoms with Crippen LogP contribution in [0, 0.1) is 41.5 Å². The van der Waals surface area contributed by atoms with Crippen molar-refractivity contribution in [2.24, 2.45) is 0 Å². The summed E-state index contributed by atoms with van der Waals surface area (Å²) in [5.41, 5.74) is 3.23. The molecule has 7 aromatic rings. The molecule has 0 fully saturated rings. The molecule has 0 aliphatic carbocycles. The van der Waals surface area contributed by atoms with Gasteiger partial charge in [0, 0.05) is 16.6 Å². The minimum atomic E-state index is -0.772. The molecule has 125 heavy (non-hydrogen) atoms. The summed E-state index contributed by atoms with van der Waals surface area (Å²) in [4.78, 5) is 118. The third-order valence-electron chi connectivity index (χ3n) is 15.4. The number of aliphatic hydroxyl groups excluding tert-OH is 1. The molecule has 2 N–H and O–H groups in total. The van der Waals surface area contributed by atoms with E-state index in [-0.39, 0.29) is 99.1 Å². The number of hydrogen-bond donors (Lipinski definition) is 2. The number of rotatable bonds is 26. The molecular formula is C86H127BrCl2N12O24. The Morgan fingerprint density at radius 2 is 0.720 bits per heavy atom. The summed E-state index contributed by atoms with van der Waals surface area (Å²) in [5.74, 6) is 2.48. The van der Waals surface area contributed by atoms with E-state index in [2.05, 4.69) is 99.4 Å². The van der Waals surface area contributed by atoms with Crippen LogP contribution < -0.4 is 29.2 Å². The molecule has 0 aliphatic rings. The molecule has 6 aromatic heterocycles. The molecule has 0 unspecified atom stereocenters. The van der Waals surface area contributed by atoms with Crippen molar-refractivity contribution in [2.45, 2.75) is 258 Å². The van der Waals surface area contributed by atoms with Gasteiger partial charge in [0.2, 0.25) is 23.4 Å². The molecular weight excluding hydrogens is 1740 g/mol. The predicted octanol–water partition coefficient (Wildman–Crippen LogP) is 15.0. The van der Waals surface area contributed by atoms with Gasteiger partial charge in [-0.15, -0.1) is 0 Å². The topological polar surface area (TPSA) is 437 Å². The lowest BCUT2D eigenvalue weighted by atomic mass is 10.2. The number of aliphatic hydroxyl groups is 1. The van der Waals surface area contributed by atoms with Gasteiger partial charge in [-0.1, -0.05) is 51.3 Å². The number of aromatic nitrogens is 12. The highest BCUT2D eigenvalue weighted by Crippen LogP contribution is 2.36. The molecule has 0 bridgehead atoms. The summed E-state index contributed by atoms with van der Waals surface area (Å²) in [6.45, 7) is 48.8. The zero-order chi connectivity index (χ0) is 96.0. The van der Waals surface area contributed by atoms with Crippen molar-refractivity contribution < 1.29 is 110 Å². The van der Waals surface area contributed by atoms with Gasteiger partial charge in [-0.25, -0.2) is 58.9 Å². The third-order valence-corrected chi connectivity index (χ3v) is 16.5. The fourth-order valence-corrected chi connectivity index (χ4v) is 10.3. The summed E-state index contributed by atoms with van der Waals surface area (Å²) < 4.78 is 87.6. The number of methoxy groups -OCH3 is 10. The largest absolute Gasteiger partial charge is 0.500 e. The number of esters is 5. The SMILES string of the molecule is COC(=O)C(C(=O)OC)=C(C)OC.COC(=O)c1c(C)nc(COC(C)(C)C)[nH]c1=O.COC(=O)c1c(C)nc(COC(C)(C)C)nc1Cl.COC(=O)c1c(C)nc(COC(C)(C)C)nc1OC.COc1nc(COC(C)(C)C)nc(C)c1CBr.COc1nc(COC(C)(C)C)nc(C)c1CO.COc1nc(COC(C)(C)C)nc(C)c1Oc1ccccc1Cl. The van der Waals surface area contributed by atoms with Crippen LogP contribution in [0.2, 0.25) is 10.2 Å². The molecule has 1 aromatic carbocycles. The van der Waals surface area contributed by atoms with Crippen molar-refractivity contribution in [1.82, 2.24) is 59.8 Å². The minimum Gasteiger partial charge on any atom is -0.500 e. The normalized spacial score (nSPS) is 11.2. The number of aromatic amines is 1. The zero-order valence-electron chi connectivity index (χ0n) is 78.9. The number of aryl methyl sites for hydroxylation is 6. The zero-order valence-corrected chi connectivity index (χ0v) is 82.0. The number of carbonyl (C=O) groups excluding carboxylic acids is 5. The van der Waals surface area contributed by atoms with E-state index < -0.39 is 35.4 Å². The van der Waals surface area contributed by atoms with Crippen molar-refractivity contribution in [1.29, 1.82) is 0 Å². The second kappa shape index (κ2) is 53.0. The quantitative estimate of drug-likeness (QED) is 0.00743. The first kappa shape index (κ1) is 113. The monoisotopic (exact) mass is 1860 g/mol. The molecule has 7 rings (SSSR count). The van der Waals surface area contributed by atoms with Gasteiger partial charge in [0.1, 0.15) is 78.8 Å². The number of ether oxygens (including phenoxy) is 17. The first-order valence-electron chi connectivity index (χ1n) is 38.8. The van der Waals surface area contributed by atoms with E-state index in [0.717, 1.165) is 11.3 Å². The van der Waals surface area contributed by atoms with Crippen molar-refractivity contribution in [2.75, 3.05) is 71.1 Å². The predicted molar refractivity (Wildman–Crippen MR) is 470 cm³/mol. The number of nitrogens with zero attached hydrogens (tertiary/aromatic N) is 11. The molecule has 0 saturated heterocycles. The number of benzene rings is 1. The second-order valence-corrected chi connectivity index (χ2v) is 33.6. The Balaban J connectivity index is 0.000000733. The van der Waals surface area contributed by atoms with E-state index in [1.54, 1.807) is 40.0 Å². The Morgan fingerprint density at radius 3 is 1.07 bits per heavy atom. The summed E-state index contributed by atoms with van der Waals surface area (Å²) in [6, 6.07) is 7.21. The van der Waals surface area contributed by atoms with Crippen molar-refractivity contribution in [3.8, 4) is 35.0 Å². The first-order chi connectivity index (χ1) is 57.9. The van der Waals surface area contributed by atoms with Crippen LogP contribution in [0.3, 0.4) is 0 Å². The molecule has 0 saturated carbocycles. The van der Waals surface area contributed by atoms with Gasteiger partial charge in [-0.05, 0) is 185 Å². The number of para-hydroxylation sites is 1. The molecule has 36 nitrogen and oxygen atoms in total. The summed E-state index contributed by atoms with van der Waals surface area (Å²) in [5, 5.41) is 10.5.